The molecule has 0 spiro atoms. The van der Waals surface area contributed by atoms with Crippen molar-refractivity contribution in [2.75, 3.05) is 7.11 Å². The summed E-state index contributed by atoms with van der Waals surface area (Å²) in [5, 5.41) is 8.98. The molecular formula is C33H21N5OPt+2. The fourth-order valence-electron chi connectivity index (χ4n) is 5.58. The molecule has 4 heterocycles. The van der Waals surface area contributed by atoms with E-state index in [2.05, 4.69) is 99.2 Å². The molecule has 0 aliphatic rings. The first-order valence-electron chi connectivity index (χ1n) is 12.7. The number of rotatable bonds is 4. The minimum atomic E-state index is 0. The van der Waals surface area contributed by atoms with Crippen molar-refractivity contribution >= 4 is 43.6 Å². The monoisotopic (exact) mass is 698 g/mol. The third-order valence-electron chi connectivity index (χ3n) is 7.31. The maximum absolute atomic E-state index is 5.52. The van der Waals surface area contributed by atoms with Crippen LogP contribution in [-0.4, -0.2) is 31.0 Å². The van der Waals surface area contributed by atoms with Crippen molar-refractivity contribution in [1.82, 2.24) is 23.9 Å². The van der Waals surface area contributed by atoms with Crippen LogP contribution in [0, 0.1) is 12.1 Å². The van der Waals surface area contributed by atoms with Gasteiger partial charge in [0.25, 0.3) is 0 Å². The number of hydrogen-bond acceptors (Lipinski definition) is 3. The first-order valence-corrected chi connectivity index (χ1v) is 12.7. The smallest absolute Gasteiger partial charge is 0.497 e. The third-order valence-corrected chi connectivity index (χ3v) is 7.31. The van der Waals surface area contributed by atoms with Crippen LogP contribution in [0.1, 0.15) is 0 Å². The molecule has 4 aromatic carbocycles. The molecule has 6 nitrogen and oxygen atoms in total. The van der Waals surface area contributed by atoms with Crippen LogP contribution in [0.5, 0.6) is 5.75 Å². The van der Waals surface area contributed by atoms with Gasteiger partial charge in [0, 0.05) is 35.7 Å². The number of ether oxygens (including phenoxy) is 1. The molecule has 0 saturated carbocycles. The van der Waals surface area contributed by atoms with Crippen LogP contribution in [0.2, 0.25) is 0 Å². The first kappa shape index (κ1) is 24.4. The Morgan fingerprint density at radius 2 is 1.30 bits per heavy atom. The van der Waals surface area contributed by atoms with E-state index in [4.69, 9.17) is 9.72 Å². The van der Waals surface area contributed by atoms with Crippen molar-refractivity contribution in [3.63, 3.8) is 0 Å². The summed E-state index contributed by atoms with van der Waals surface area (Å²) in [6.07, 6.45) is 5.49. The van der Waals surface area contributed by atoms with Gasteiger partial charge in [0.05, 0.1) is 7.11 Å². The molecule has 8 rings (SSSR count). The molecule has 0 radical (unpaired) electrons. The number of para-hydroxylation sites is 2. The van der Waals surface area contributed by atoms with Crippen LogP contribution in [0.15, 0.2) is 110 Å². The zero-order chi connectivity index (χ0) is 25.9. The number of benzene rings is 4. The average Bonchev–Trinajstić information content (AvgIpc) is 3.72. The van der Waals surface area contributed by atoms with Crippen LogP contribution in [0.3, 0.4) is 0 Å². The van der Waals surface area contributed by atoms with Gasteiger partial charge in [0.2, 0.25) is 0 Å². The normalized spacial score (nSPS) is 11.4. The van der Waals surface area contributed by atoms with Crippen molar-refractivity contribution in [1.29, 1.82) is 0 Å². The van der Waals surface area contributed by atoms with Gasteiger partial charge in [0.15, 0.2) is 0 Å². The van der Waals surface area contributed by atoms with Gasteiger partial charge < -0.3 is 13.9 Å². The van der Waals surface area contributed by atoms with Gasteiger partial charge in [-0.05, 0) is 40.7 Å². The molecule has 0 amide bonds. The van der Waals surface area contributed by atoms with Gasteiger partial charge in [-0.1, -0.05) is 53.1 Å². The van der Waals surface area contributed by atoms with Gasteiger partial charge in [0.1, 0.15) is 11.6 Å². The molecule has 40 heavy (non-hydrogen) atoms. The molecule has 0 unspecified atom stereocenters. The summed E-state index contributed by atoms with van der Waals surface area (Å²) < 4.78 is 11.7. The molecule has 0 atom stereocenters. The van der Waals surface area contributed by atoms with Crippen LogP contribution in [0.25, 0.3) is 60.8 Å². The van der Waals surface area contributed by atoms with Crippen molar-refractivity contribution in [2.45, 2.75) is 0 Å². The molecule has 0 aliphatic heterocycles. The topological polar surface area (TPSA) is 49.8 Å². The predicted molar refractivity (Wildman–Crippen MR) is 154 cm³/mol. The van der Waals surface area contributed by atoms with Gasteiger partial charge in [-0.25, -0.2) is 4.98 Å². The van der Waals surface area contributed by atoms with E-state index in [0.717, 1.165) is 61.2 Å². The Morgan fingerprint density at radius 3 is 2.00 bits per heavy atom. The first-order chi connectivity index (χ1) is 19.3. The third kappa shape index (κ3) is 3.60. The number of pyridine rings is 1. The number of methoxy groups -OCH3 is 1. The summed E-state index contributed by atoms with van der Waals surface area (Å²) in [6.45, 7) is 0. The van der Waals surface area contributed by atoms with E-state index >= 15 is 0 Å². The Balaban J connectivity index is 0.00000264. The zero-order valence-corrected chi connectivity index (χ0v) is 23.6. The molecular weight excluding hydrogens is 677 g/mol. The summed E-state index contributed by atoms with van der Waals surface area (Å²) in [5.41, 5.74) is 5.89. The quantitative estimate of drug-likeness (QED) is 0.185. The summed E-state index contributed by atoms with van der Waals surface area (Å²) in [4.78, 5) is 4.70. The number of aromatic nitrogens is 5. The second kappa shape index (κ2) is 9.51. The summed E-state index contributed by atoms with van der Waals surface area (Å²) in [7, 11) is 1.67. The van der Waals surface area contributed by atoms with Crippen molar-refractivity contribution in [3.8, 4) is 22.9 Å². The maximum Gasteiger partial charge on any atom is 4.00 e. The Bertz CT molecular complexity index is 2180. The largest absolute Gasteiger partial charge is 4.00 e. The van der Waals surface area contributed by atoms with Crippen LogP contribution >= 0.6 is 0 Å². The summed E-state index contributed by atoms with van der Waals surface area (Å²) >= 11 is 0. The van der Waals surface area contributed by atoms with Crippen LogP contribution < -0.4 is 4.74 Å². The van der Waals surface area contributed by atoms with E-state index in [-0.39, 0.29) is 21.1 Å². The minimum absolute atomic E-state index is 0. The fourth-order valence-corrected chi connectivity index (χ4v) is 5.58. The van der Waals surface area contributed by atoms with E-state index in [1.54, 1.807) is 19.5 Å². The minimum Gasteiger partial charge on any atom is -0.497 e. The number of fused-ring (bicyclic) bond motifs is 6. The average molecular weight is 699 g/mol. The van der Waals surface area contributed by atoms with E-state index in [0.29, 0.717) is 0 Å². The van der Waals surface area contributed by atoms with Gasteiger partial charge in [-0.3, -0.25) is 4.68 Å². The fraction of sp³-hybridized carbons (Fsp3) is 0.0303. The summed E-state index contributed by atoms with van der Waals surface area (Å²) in [6, 6.07) is 38.5. The maximum atomic E-state index is 5.52. The summed E-state index contributed by atoms with van der Waals surface area (Å²) in [5.74, 6) is 1.54. The second-order valence-electron chi connectivity index (χ2n) is 9.42. The van der Waals surface area contributed by atoms with E-state index in [1.165, 1.54) is 5.39 Å². The molecule has 4 aromatic heterocycles. The van der Waals surface area contributed by atoms with Gasteiger partial charge in [-0.2, -0.15) is 17.2 Å². The molecule has 0 saturated heterocycles. The van der Waals surface area contributed by atoms with Gasteiger partial charge in [-0.15, -0.1) is 35.0 Å². The Labute approximate surface area is 244 Å². The molecule has 7 heteroatoms. The Kier molecular flexibility index (Phi) is 5.79. The van der Waals surface area contributed by atoms with Crippen molar-refractivity contribution in [3.05, 3.63) is 122 Å². The Morgan fingerprint density at radius 1 is 0.650 bits per heavy atom. The second-order valence-corrected chi connectivity index (χ2v) is 9.42. The van der Waals surface area contributed by atoms with Crippen molar-refractivity contribution < 1.29 is 25.8 Å². The Hall–Kier alpha value is -4.67. The van der Waals surface area contributed by atoms with Crippen molar-refractivity contribution in [2.24, 2.45) is 0 Å². The molecule has 0 aliphatic carbocycles. The number of hydrogen-bond donors (Lipinski definition) is 0. The zero-order valence-electron chi connectivity index (χ0n) is 21.4. The molecule has 192 valence electrons. The number of nitrogens with zero attached hydrogens (tertiary/aromatic N) is 5. The molecule has 0 fully saturated rings. The predicted octanol–water partition coefficient (Wildman–Crippen LogP) is 7.07. The van der Waals surface area contributed by atoms with E-state index < -0.39 is 0 Å². The standard InChI is InChI=1S/C33H21N5O.Pt/c1-39-24-15-17-34-33(21-24)38-30-10-5-3-8-26(30)28-14-12-23(20-32(28)38)37-29-9-4-2-7-25(29)27-13-11-22(19-31(27)37)36-18-6-16-35-36;/h2-18,21H,1H3;/q-2;+4. The molecule has 0 bridgehead atoms. The SMILES string of the molecule is COc1ccnc(-n2c3[c-]c(-n4c5[c-]c(-n6cccn6)ccc5c5ccccc54)ccc3c3ccccc32)c1.[Pt+4]. The van der Waals surface area contributed by atoms with Crippen LogP contribution in [-0.2, 0) is 21.1 Å². The van der Waals surface area contributed by atoms with Gasteiger partial charge >= 0.3 is 21.1 Å². The molecule has 0 N–H and O–H groups in total. The van der Waals surface area contributed by atoms with E-state index in [1.807, 2.05) is 29.1 Å². The molecule has 8 aromatic rings. The van der Waals surface area contributed by atoms with Crippen LogP contribution in [0.4, 0.5) is 0 Å². The van der Waals surface area contributed by atoms with E-state index in [9.17, 15) is 0 Å².